The monoisotopic (exact) mass is 413 g/mol. The second-order valence-electron chi connectivity index (χ2n) is 8.46. The number of likely N-dealkylation sites (tertiary alicyclic amines) is 1. The van der Waals surface area contributed by atoms with Crippen molar-refractivity contribution in [1.82, 2.24) is 14.4 Å². The van der Waals surface area contributed by atoms with Crippen LogP contribution in [0, 0.1) is 13.8 Å². The largest absolute Gasteiger partial charge is 0.391 e. The molecule has 2 aliphatic rings. The van der Waals surface area contributed by atoms with Gasteiger partial charge in [0.05, 0.1) is 24.8 Å². The average Bonchev–Trinajstić information content (AvgIpc) is 2.93. The molecule has 0 bridgehead atoms. The van der Waals surface area contributed by atoms with Gasteiger partial charge in [0.25, 0.3) is 5.56 Å². The van der Waals surface area contributed by atoms with Crippen molar-refractivity contribution in [2.24, 2.45) is 0 Å². The number of benzene rings is 1. The van der Waals surface area contributed by atoms with Crippen LogP contribution in [0.4, 0.5) is 0 Å². The first kappa shape index (κ1) is 21.0. The molecular weight excluding hydrogens is 382 g/mol. The number of nitrogens with zero attached hydrogens (tertiary/aromatic N) is 3. The second kappa shape index (κ2) is 8.88. The number of amides is 1. The van der Waals surface area contributed by atoms with E-state index in [4.69, 9.17) is 4.74 Å². The number of carbonyl (C=O) groups excluding carboxylic acids is 1. The lowest BCUT2D eigenvalue weighted by molar-refractivity contribution is -0.131. The Morgan fingerprint density at radius 1 is 1.10 bits per heavy atom. The van der Waals surface area contributed by atoms with E-state index >= 15 is 0 Å². The van der Waals surface area contributed by atoms with Crippen LogP contribution in [-0.2, 0) is 16.1 Å². The van der Waals surface area contributed by atoms with E-state index in [0.29, 0.717) is 32.7 Å². The summed E-state index contributed by atoms with van der Waals surface area (Å²) in [6.45, 7) is 8.05. The van der Waals surface area contributed by atoms with E-state index in [0.717, 1.165) is 41.5 Å². The van der Waals surface area contributed by atoms with Gasteiger partial charge in [0, 0.05) is 43.7 Å². The van der Waals surface area contributed by atoms with E-state index in [1.807, 2.05) is 32.0 Å². The molecule has 0 radical (unpaired) electrons. The maximum absolute atomic E-state index is 13.2. The van der Waals surface area contributed by atoms with Gasteiger partial charge >= 0.3 is 0 Å². The van der Waals surface area contributed by atoms with Crippen molar-refractivity contribution in [3.63, 3.8) is 0 Å². The van der Waals surface area contributed by atoms with Gasteiger partial charge in [-0.25, -0.2) is 0 Å². The summed E-state index contributed by atoms with van der Waals surface area (Å²) >= 11 is 0. The third-order valence-electron chi connectivity index (χ3n) is 6.53. The lowest BCUT2D eigenvalue weighted by Crippen LogP contribution is -2.49. The summed E-state index contributed by atoms with van der Waals surface area (Å²) in [4.78, 5) is 30.0. The predicted molar refractivity (Wildman–Crippen MR) is 116 cm³/mol. The van der Waals surface area contributed by atoms with Crippen molar-refractivity contribution in [3.05, 3.63) is 45.7 Å². The highest BCUT2D eigenvalue weighted by Crippen LogP contribution is 2.22. The van der Waals surface area contributed by atoms with Crippen LogP contribution in [0.5, 0.6) is 0 Å². The third-order valence-corrected chi connectivity index (χ3v) is 6.53. The molecule has 1 aromatic heterocycles. The van der Waals surface area contributed by atoms with Crippen molar-refractivity contribution in [1.29, 1.82) is 0 Å². The van der Waals surface area contributed by atoms with Gasteiger partial charge < -0.3 is 14.7 Å². The second-order valence-corrected chi connectivity index (χ2v) is 8.46. The summed E-state index contributed by atoms with van der Waals surface area (Å²) in [5.41, 5.74) is 2.59. The van der Waals surface area contributed by atoms with Crippen molar-refractivity contribution < 1.29 is 14.6 Å². The fourth-order valence-electron chi connectivity index (χ4n) is 4.84. The highest BCUT2D eigenvalue weighted by Gasteiger charge is 2.32. The molecule has 4 rings (SSSR count). The van der Waals surface area contributed by atoms with Gasteiger partial charge in [-0.1, -0.05) is 18.2 Å². The van der Waals surface area contributed by atoms with Crippen LogP contribution in [0.15, 0.2) is 29.1 Å². The first-order valence-electron chi connectivity index (χ1n) is 10.8. The molecule has 0 saturated carbocycles. The Kier molecular flexibility index (Phi) is 6.22. The number of hydrogen-bond donors (Lipinski definition) is 1. The molecule has 162 valence electrons. The standard InChI is InChI=1S/C23H31N3O4/c1-16-4-3-5-18-17(2)14-21(28)26(23(16)18)15-22(29)25-8-6-19(20(27)7-9-25)24-10-12-30-13-11-24/h3-5,14,19-20,27H,6-13,15H2,1-2H3/t19-,20-/m0/s1. The highest BCUT2D eigenvalue weighted by molar-refractivity contribution is 5.87. The number of aliphatic hydroxyl groups is 1. The Hall–Kier alpha value is -2.22. The topological polar surface area (TPSA) is 75.0 Å². The normalized spacial score (nSPS) is 23.5. The zero-order chi connectivity index (χ0) is 21.3. The fourth-order valence-corrected chi connectivity index (χ4v) is 4.84. The minimum Gasteiger partial charge on any atom is -0.391 e. The van der Waals surface area contributed by atoms with Gasteiger partial charge in [0.15, 0.2) is 0 Å². The summed E-state index contributed by atoms with van der Waals surface area (Å²) in [7, 11) is 0. The first-order chi connectivity index (χ1) is 14.5. The van der Waals surface area contributed by atoms with Crippen LogP contribution in [0.1, 0.15) is 24.0 Å². The van der Waals surface area contributed by atoms with Gasteiger partial charge in [-0.05, 0) is 37.8 Å². The van der Waals surface area contributed by atoms with E-state index in [9.17, 15) is 14.7 Å². The maximum Gasteiger partial charge on any atom is 0.251 e. The van der Waals surface area contributed by atoms with Crippen molar-refractivity contribution >= 4 is 16.8 Å². The van der Waals surface area contributed by atoms with Crippen LogP contribution in [0.3, 0.4) is 0 Å². The quantitative estimate of drug-likeness (QED) is 0.821. The average molecular weight is 414 g/mol. The number of carbonyl (C=O) groups is 1. The molecule has 7 heteroatoms. The molecule has 1 aromatic carbocycles. The molecule has 2 aromatic rings. The Morgan fingerprint density at radius 3 is 2.60 bits per heavy atom. The van der Waals surface area contributed by atoms with Gasteiger partial charge in [-0.15, -0.1) is 0 Å². The highest BCUT2D eigenvalue weighted by atomic mass is 16.5. The van der Waals surface area contributed by atoms with Gasteiger partial charge in [-0.3, -0.25) is 19.1 Å². The number of fused-ring (bicyclic) bond motifs is 1. The number of rotatable bonds is 3. The molecule has 1 amide bonds. The smallest absolute Gasteiger partial charge is 0.251 e. The maximum atomic E-state index is 13.2. The molecule has 0 spiro atoms. The van der Waals surface area contributed by atoms with Gasteiger partial charge in [-0.2, -0.15) is 0 Å². The fraction of sp³-hybridized carbons (Fsp3) is 0.565. The van der Waals surface area contributed by atoms with Gasteiger partial charge in [0.1, 0.15) is 6.54 Å². The Morgan fingerprint density at radius 2 is 1.83 bits per heavy atom. The molecule has 2 aliphatic heterocycles. The van der Waals surface area contributed by atoms with Crippen LogP contribution in [0.2, 0.25) is 0 Å². The summed E-state index contributed by atoms with van der Waals surface area (Å²) in [6.07, 6.45) is 0.831. The van der Waals surface area contributed by atoms with Crippen LogP contribution < -0.4 is 5.56 Å². The number of aliphatic hydroxyl groups excluding tert-OH is 1. The number of para-hydroxylation sites is 1. The number of aromatic nitrogens is 1. The van der Waals surface area contributed by atoms with E-state index in [1.165, 1.54) is 0 Å². The lowest BCUT2D eigenvalue weighted by atomic mass is 10.0. The molecule has 7 nitrogen and oxygen atoms in total. The number of pyridine rings is 1. The van der Waals surface area contributed by atoms with Crippen LogP contribution in [0.25, 0.3) is 10.9 Å². The summed E-state index contributed by atoms with van der Waals surface area (Å²) < 4.78 is 7.02. The minimum absolute atomic E-state index is 0.0266. The zero-order valence-corrected chi connectivity index (χ0v) is 17.8. The minimum atomic E-state index is -0.453. The lowest BCUT2D eigenvalue weighted by Gasteiger charge is -2.36. The third kappa shape index (κ3) is 4.15. The predicted octanol–water partition coefficient (Wildman–Crippen LogP) is 1.30. The van der Waals surface area contributed by atoms with Crippen LogP contribution >= 0.6 is 0 Å². The van der Waals surface area contributed by atoms with E-state index in [-0.39, 0.29) is 24.1 Å². The molecular formula is C23H31N3O4. The van der Waals surface area contributed by atoms with Crippen molar-refractivity contribution in [3.8, 4) is 0 Å². The molecule has 3 heterocycles. The number of ether oxygens (including phenoxy) is 1. The van der Waals surface area contributed by atoms with E-state index in [1.54, 1.807) is 15.5 Å². The molecule has 1 N–H and O–H groups in total. The first-order valence-corrected chi connectivity index (χ1v) is 10.8. The Balaban J connectivity index is 1.53. The summed E-state index contributed by atoms with van der Waals surface area (Å²) in [5, 5.41) is 11.7. The molecule has 30 heavy (non-hydrogen) atoms. The van der Waals surface area contributed by atoms with Crippen molar-refractivity contribution in [2.45, 2.75) is 45.4 Å². The molecule has 2 fully saturated rings. The van der Waals surface area contributed by atoms with E-state index < -0.39 is 6.10 Å². The molecule has 0 unspecified atom stereocenters. The Bertz CT molecular complexity index is 980. The summed E-state index contributed by atoms with van der Waals surface area (Å²) in [6, 6.07) is 7.60. The molecule has 2 saturated heterocycles. The number of aryl methyl sites for hydroxylation is 2. The molecule has 2 atom stereocenters. The number of hydrogen-bond acceptors (Lipinski definition) is 5. The SMILES string of the molecule is Cc1cc(=O)n(CC(=O)N2CC[C@H](O)[C@@H](N3CCOCC3)CC2)c2c(C)cccc12. The summed E-state index contributed by atoms with van der Waals surface area (Å²) in [5.74, 6) is -0.0691. The number of morpholine rings is 1. The zero-order valence-electron chi connectivity index (χ0n) is 17.8. The molecule has 0 aliphatic carbocycles. The Labute approximate surface area is 176 Å². The van der Waals surface area contributed by atoms with Gasteiger partial charge in [0.2, 0.25) is 5.91 Å². The van der Waals surface area contributed by atoms with Crippen LogP contribution in [-0.4, -0.2) is 76.9 Å². The van der Waals surface area contributed by atoms with E-state index in [2.05, 4.69) is 4.90 Å². The van der Waals surface area contributed by atoms with Crippen molar-refractivity contribution in [2.75, 3.05) is 39.4 Å².